The molecule has 0 saturated heterocycles. The second-order valence-electron chi connectivity index (χ2n) is 3.24. The number of hydrogen-bond acceptors (Lipinski definition) is 6. The van der Waals surface area contributed by atoms with Crippen LogP contribution in [-0.2, 0) is 0 Å². The number of anilines is 1. The molecule has 0 aliphatic heterocycles. The van der Waals surface area contributed by atoms with Crippen molar-refractivity contribution in [3.8, 4) is 12.0 Å². The van der Waals surface area contributed by atoms with Crippen LogP contribution >= 0.6 is 0 Å². The molecule has 1 aromatic rings. The summed E-state index contributed by atoms with van der Waals surface area (Å²) in [7, 11) is 1.71. The van der Waals surface area contributed by atoms with Gasteiger partial charge in [-0.3, -0.25) is 0 Å². The smallest absolute Gasteiger partial charge is 0.324 e. The number of aromatic nitrogens is 3. The van der Waals surface area contributed by atoms with Crippen molar-refractivity contribution in [3.05, 3.63) is 12.7 Å². The Morgan fingerprint density at radius 2 is 2.00 bits per heavy atom. The number of nitrogens with one attached hydrogen (secondary N) is 1. The van der Waals surface area contributed by atoms with Gasteiger partial charge in [0.05, 0.1) is 6.10 Å². The fourth-order valence-electron chi connectivity index (χ4n) is 0.911. The van der Waals surface area contributed by atoms with E-state index in [0.717, 1.165) is 0 Å². The summed E-state index contributed by atoms with van der Waals surface area (Å²) in [6.45, 7) is 7.68. The Bertz CT molecular complexity index is 355. The maximum atomic E-state index is 5.37. The second-order valence-corrected chi connectivity index (χ2v) is 3.24. The van der Waals surface area contributed by atoms with Gasteiger partial charge in [0.1, 0.15) is 6.61 Å². The molecule has 88 valence electrons. The topological polar surface area (TPSA) is 69.2 Å². The van der Waals surface area contributed by atoms with Gasteiger partial charge in [-0.1, -0.05) is 12.7 Å². The van der Waals surface area contributed by atoms with E-state index in [-0.39, 0.29) is 18.1 Å². The van der Waals surface area contributed by atoms with Crippen molar-refractivity contribution >= 4 is 5.95 Å². The molecule has 0 aromatic carbocycles. The second kappa shape index (κ2) is 5.89. The summed E-state index contributed by atoms with van der Waals surface area (Å²) >= 11 is 0. The Morgan fingerprint density at radius 1 is 1.31 bits per heavy atom. The highest BCUT2D eigenvalue weighted by Gasteiger charge is 2.08. The molecule has 1 heterocycles. The fourth-order valence-corrected chi connectivity index (χ4v) is 0.911. The number of hydrogen-bond donors (Lipinski definition) is 1. The van der Waals surface area contributed by atoms with E-state index in [0.29, 0.717) is 12.6 Å². The van der Waals surface area contributed by atoms with Crippen molar-refractivity contribution in [1.82, 2.24) is 15.0 Å². The number of ether oxygens (including phenoxy) is 2. The van der Waals surface area contributed by atoms with Gasteiger partial charge in [0, 0.05) is 7.05 Å². The molecule has 1 N–H and O–H groups in total. The fraction of sp³-hybridized carbons (Fsp3) is 0.500. The first-order valence-electron chi connectivity index (χ1n) is 5.00. The minimum Gasteiger partial charge on any atom is -0.461 e. The molecule has 1 aromatic heterocycles. The minimum atomic E-state index is -0.000592. The lowest BCUT2D eigenvalue weighted by molar-refractivity contribution is 0.216. The van der Waals surface area contributed by atoms with Gasteiger partial charge in [-0.05, 0) is 13.8 Å². The third kappa shape index (κ3) is 3.72. The number of nitrogens with zero attached hydrogens (tertiary/aromatic N) is 3. The molecule has 1 rings (SSSR count). The average molecular weight is 224 g/mol. The Balaban J connectivity index is 2.86. The van der Waals surface area contributed by atoms with Crippen molar-refractivity contribution in [3.63, 3.8) is 0 Å². The SMILES string of the molecule is C=CCOc1nc(NC)nc(OC(C)C)n1. The molecule has 0 fully saturated rings. The van der Waals surface area contributed by atoms with E-state index in [1.165, 1.54) is 0 Å². The lowest BCUT2D eigenvalue weighted by Crippen LogP contribution is -2.11. The maximum absolute atomic E-state index is 5.37. The van der Waals surface area contributed by atoms with Gasteiger partial charge < -0.3 is 14.8 Å². The Kier molecular flexibility index (Phi) is 4.50. The average Bonchev–Trinajstić information content (AvgIpc) is 2.25. The van der Waals surface area contributed by atoms with Gasteiger partial charge in [-0.15, -0.1) is 4.98 Å². The van der Waals surface area contributed by atoms with Gasteiger partial charge in [0.25, 0.3) is 0 Å². The van der Waals surface area contributed by atoms with Gasteiger partial charge in [0.2, 0.25) is 5.95 Å². The predicted molar refractivity (Wildman–Crippen MR) is 60.8 cm³/mol. The van der Waals surface area contributed by atoms with E-state index in [1.54, 1.807) is 13.1 Å². The molecule has 0 aliphatic rings. The lowest BCUT2D eigenvalue weighted by Gasteiger charge is -2.09. The van der Waals surface area contributed by atoms with E-state index >= 15 is 0 Å². The van der Waals surface area contributed by atoms with E-state index in [9.17, 15) is 0 Å². The van der Waals surface area contributed by atoms with Gasteiger partial charge in [-0.2, -0.15) is 9.97 Å². The summed E-state index contributed by atoms with van der Waals surface area (Å²) < 4.78 is 10.6. The first-order chi connectivity index (χ1) is 7.65. The van der Waals surface area contributed by atoms with Crippen LogP contribution in [-0.4, -0.2) is 34.7 Å². The normalized spacial score (nSPS) is 10.0. The van der Waals surface area contributed by atoms with Crippen LogP contribution in [0.2, 0.25) is 0 Å². The highest BCUT2D eigenvalue weighted by atomic mass is 16.5. The summed E-state index contributed by atoms with van der Waals surface area (Å²) in [6, 6.07) is 0.461. The molecule has 0 spiro atoms. The molecule has 6 nitrogen and oxygen atoms in total. The molecule has 0 saturated carbocycles. The highest BCUT2D eigenvalue weighted by Crippen LogP contribution is 2.13. The summed E-state index contributed by atoms with van der Waals surface area (Å²) in [6.07, 6.45) is 1.62. The van der Waals surface area contributed by atoms with Crippen LogP contribution in [0.15, 0.2) is 12.7 Å². The number of rotatable bonds is 6. The van der Waals surface area contributed by atoms with Crippen LogP contribution in [0.3, 0.4) is 0 Å². The zero-order chi connectivity index (χ0) is 12.0. The molecule has 6 heteroatoms. The largest absolute Gasteiger partial charge is 0.461 e. The summed E-state index contributed by atoms with van der Waals surface area (Å²) in [4.78, 5) is 12.1. The highest BCUT2D eigenvalue weighted by molar-refractivity contribution is 5.26. The molecular formula is C10H16N4O2. The van der Waals surface area contributed by atoms with E-state index in [1.807, 2.05) is 13.8 Å². The molecule has 0 bridgehead atoms. The van der Waals surface area contributed by atoms with Gasteiger partial charge in [0.15, 0.2) is 0 Å². The van der Waals surface area contributed by atoms with Crippen LogP contribution in [0.5, 0.6) is 12.0 Å². The van der Waals surface area contributed by atoms with Crippen molar-refractivity contribution in [2.75, 3.05) is 19.0 Å². The maximum Gasteiger partial charge on any atom is 0.324 e. The Labute approximate surface area is 94.7 Å². The van der Waals surface area contributed by atoms with Crippen molar-refractivity contribution in [2.24, 2.45) is 0 Å². The van der Waals surface area contributed by atoms with Gasteiger partial charge in [-0.25, -0.2) is 0 Å². The van der Waals surface area contributed by atoms with E-state index in [4.69, 9.17) is 9.47 Å². The molecule has 16 heavy (non-hydrogen) atoms. The minimum absolute atomic E-state index is 0.000592. The third-order valence-electron chi connectivity index (χ3n) is 1.49. The molecular weight excluding hydrogens is 208 g/mol. The quantitative estimate of drug-likeness (QED) is 0.734. The first kappa shape index (κ1) is 12.2. The molecule has 0 atom stereocenters. The monoisotopic (exact) mass is 224 g/mol. The third-order valence-corrected chi connectivity index (χ3v) is 1.49. The summed E-state index contributed by atoms with van der Waals surface area (Å²) in [5.74, 6) is 0.407. The standard InChI is InChI=1S/C10H16N4O2/c1-5-6-15-9-12-8(11-4)13-10(14-9)16-7(2)3/h5,7H,1,6H2,2-4H3,(H,11,12,13,14). The Hall–Kier alpha value is -1.85. The summed E-state index contributed by atoms with van der Waals surface area (Å²) in [5, 5.41) is 2.81. The molecule has 0 aliphatic carbocycles. The zero-order valence-electron chi connectivity index (χ0n) is 9.73. The van der Waals surface area contributed by atoms with E-state index in [2.05, 4.69) is 26.8 Å². The van der Waals surface area contributed by atoms with Crippen molar-refractivity contribution in [2.45, 2.75) is 20.0 Å². The Morgan fingerprint density at radius 3 is 2.56 bits per heavy atom. The van der Waals surface area contributed by atoms with Crippen molar-refractivity contribution < 1.29 is 9.47 Å². The zero-order valence-corrected chi connectivity index (χ0v) is 9.73. The lowest BCUT2D eigenvalue weighted by atomic mass is 10.5. The predicted octanol–water partition coefficient (Wildman–Crippen LogP) is 1.27. The van der Waals surface area contributed by atoms with Crippen molar-refractivity contribution in [1.29, 1.82) is 0 Å². The van der Waals surface area contributed by atoms with Crippen LogP contribution < -0.4 is 14.8 Å². The van der Waals surface area contributed by atoms with Crippen LogP contribution in [0.1, 0.15) is 13.8 Å². The van der Waals surface area contributed by atoms with E-state index < -0.39 is 0 Å². The van der Waals surface area contributed by atoms with Crippen LogP contribution in [0, 0.1) is 0 Å². The molecule has 0 radical (unpaired) electrons. The first-order valence-corrected chi connectivity index (χ1v) is 5.00. The van der Waals surface area contributed by atoms with Crippen LogP contribution in [0.25, 0.3) is 0 Å². The van der Waals surface area contributed by atoms with Crippen LogP contribution in [0.4, 0.5) is 5.95 Å². The summed E-state index contributed by atoms with van der Waals surface area (Å²) in [5.41, 5.74) is 0. The van der Waals surface area contributed by atoms with Gasteiger partial charge >= 0.3 is 12.0 Å². The molecule has 0 amide bonds. The molecule has 0 unspecified atom stereocenters.